The van der Waals surface area contributed by atoms with Crippen molar-refractivity contribution in [1.29, 1.82) is 0 Å². The highest BCUT2D eigenvalue weighted by Gasteiger charge is 2.22. The highest BCUT2D eigenvalue weighted by Crippen LogP contribution is 2.26. The third kappa shape index (κ3) is 2.35. The summed E-state index contributed by atoms with van der Waals surface area (Å²) in [6.45, 7) is 1.92. The summed E-state index contributed by atoms with van der Waals surface area (Å²) in [4.78, 5) is 11.4. The van der Waals surface area contributed by atoms with Crippen LogP contribution in [0.4, 0.5) is 4.39 Å². The van der Waals surface area contributed by atoms with Gasteiger partial charge in [-0.25, -0.2) is 13.9 Å². The Hall–Kier alpha value is -3.02. The van der Waals surface area contributed by atoms with Crippen LogP contribution >= 0.6 is 0 Å². The number of aromatic carboxylic acids is 1. The zero-order valence-corrected chi connectivity index (χ0v) is 11.7. The van der Waals surface area contributed by atoms with Crippen LogP contribution in [-0.2, 0) is 0 Å². The third-order valence-electron chi connectivity index (χ3n) is 3.28. The highest BCUT2D eigenvalue weighted by molar-refractivity contribution is 5.93. The van der Waals surface area contributed by atoms with E-state index in [0.717, 1.165) is 5.56 Å². The lowest BCUT2D eigenvalue weighted by Gasteiger charge is -2.08. The van der Waals surface area contributed by atoms with E-state index in [0.29, 0.717) is 5.56 Å². The van der Waals surface area contributed by atoms with Gasteiger partial charge in [-0.1, -0.05) is 47.2 Å². The van der Waals surface area contributed by atoms with E-state index in [-0.39, 0.29) is 17.1 Å². The van der Waals surface area contributed by atoms with Gasteiger partial charge in [-0.15, -0.1) is 5.10 Å². The van der Waals surface area contributed by atoms with E-state index in [1.54, 1.807) is 24.3 Å². The number of aromatic nitrogens is 3. The van der Waals surface area contributed by atoms with Crippen LogP contribution in [0.3, 0.4) is 0 Å². The van der Waals surface area contributed by atoms with Crippen molar-refractivity contribution < 1.29 is 14.3 Å². The number of carbonyl (C=O) groups is 1. The number of carboxylic acid groups (broad SMARTS) is 1. The van der Waals surface area contributed by atoms with E-state index >= 15 is 0 Å². The van der Waals surface area contributed by atoms with Gasteiger partial charge in [0.25, 0.3) is 0 Å². The van der Waals surface area contributed by atoms with Crippen LogP contribution in [-0.4, -0.2) is 26.1 Å². The van der Waals surface area contributed by atoms with E-state index in [2.05, 4.69) is 10.3 Å². The molecule has 2 aromatic carbocycles. The van der Waals surface area contributed by atoms with Gasteiger partial charge in [0, 0.05) is 5.56 Å². The van der Waals surface area contributed by atoms with E-state index in [9.17, 15) is 14.3 Å². The molecule has 3 rings (SSSR count). The van der Waals surface area contributed by atoms with E-state index in [1.165, 1.54) is 16.8 Å². The Morgan fingerprint density at radius 1 is 1.14 bits per heavy atom. The molecular formula is C16H12FN3O2. The van der Waals surface area contributed by atoms with Crippen molar-refractivity contribution >= 4 is 5.97 Å². The first kappa shape index (κ1) is 13.9. The lowest BCUT2D eigenvalue weighted by atomic mass is 10.1. The molecule has 0 fully saturated rings. The summed E-state index contributed by atoms with van der Waals surface area (Å²) in [5.41, 5.74) is 1.82. The summed E-state index contributed by atoms with van der Waals surface area (Å²) in [6.07, 6.45) is 0. The van der Waals surface area contributed by atoms with Crippen LogP contribution in [0.15, 0.2) is 48.5 Å². The molecule has 6 heteroatoms. The second-order valence-electron chi connectivity index (χ2n) is 4.82. The molecule has 0 aliphatic rings. The fraction of sp³-hybridized carbons (Fsp3) is 0.0625. The normalized spacial score (nSPS) is 10.6. The first-order valence-electron chi connectivity index (χ1n) is 6.59. The van der Waals surface area contributed by atoms with Crippen molar-refractivity contribution in [3.63, 3.8) is 0 Å². The molecule has 0 bridgehead atoms. The SMILES string of the molecule is Cc1ccc(-c2c(C(=O)O)nnn2-c2ccccc2F)cc1. The molecule has 0 spiro atoms. The number of benzene rings is 2. The summed E-state index contributed by atoms with van der Waals surface area (Å²) >= 11 is 0. The lowest BCUT2D eigenvalue weighted by Crippen LogP contribution is -2.04. The van der Waals surface area contributed by atoms with Gasteiger partial charge in [0.15, 0.2) is 5.69 Å². The average Bonchev–Trinajstić information content (AvgIpc) is 2.93. The molecule has 1 N–H and O–H groups in total. The number of aryl methyl sites for hydroxylation is 1. The lowest BCUT2D eigenvalue weighted by molar-refractivity contribution is 0.0691. The predicted octanol–water partition coefficient (Wildman–Crippen LogP) is 3.08. The maximum atomic E-state index is 14.0. The van der Waals surface area contributed by atoms with Crippen LogP contribution in [0.2, 0.25) is 0 Å². The molecule has 5 nitrogen and oxygen atoms in total. The van der Waals surface area contributed by atoms with Gasteiger partial charge in [0.2, 0.25) is 0 Å². The molecule has 0 aliphatic carbocycles. The van der Waals surface area contributed by atoms with Crippen LogP contribution < -0.4 is 0 Å². The average molecular weight is 297 g/mol. The minimum atomic E-state index is -1.21. The van der Waals surface area contributed by atoms with Gasteiger partial charge in [-0.3, -0.25) is 0 Å². The Bertz CT molecular complexity index is 841. The molecule has 0 unspecified atom stereocenters. The smallest absolute Gasteiger partial charge is 0.358 e. The zero-order valence-electron chi connectivity index (χ0n) is 11.7. The van der Waals surface area contributed by atoms with Crippen LogP contribution in [0, 0.1) is 12.7 Å². The first-order chi connectivity index (χ1) is 10.6. The molecule has 1 aromatic heterocycles. The molecule has 3 aromatic rings. The Kier molecular flexibility index (Phi) is 3.42. The molecular weight excluding hydrogens is 285 g/mol. The van der Waals surface area contributed by atoms with E-state index < -0.39 is 11.8 Å². The summed E-state index contributed by atoms with van der Waals surface area (Å²) in [5.74, 6) is -1.71. The maximum Gasteiger partial charge on any atom is 0.358 e. The molecule has 0 atom stereocenters. The number of rotatable bonds is 3. The Labute approximate surface area is 125 Å². The molecule has 110 valence electrons. The quantitative estimate of drug-likeness (QED) is 0.806. The fourth-order valence-corrected chi connectivity index (χ4v) is 2.19. The number of nitrogens with zero attached hydrogens (tertiary/aromatic N) is 3. The van der Waals surface area contributed by atoms with Crippen molar-refractivity contribution in [1.82, 2.24) is 15.0 Å². The predicted molar refractivity (Wildman–Crippen MR) is 78.4 cm³/mol. The summed E-state index contributed by atoms with van der Waals surface area (Å²) in [7, 11) is 0. The second-order valence-corrected chi connectivity index (χ2v) is 4.82. The minimum absolute atomic E-state index is 0.151. The molecule has 0 amide bonds. The highest BCUT2D eigenvalue weighted by atomic mass is 19.1. The van der Waals surface area contributed by atoms with Crippen molar-refractivity contribution in [2.45, 2.75) is 6.92 Å². The van der Waals surface area contributed by atoms with Gasteiger partial charge in [-0.2, -0.15) is 0 Å². The third-order valence-corrected chi connectivity index (χ3v) is 3.28. The van der Waals surface area contributed by atoms with Gasteiger partial charge < -0.3 is 5.11 Å². The Morgan fingerprint density at radius 3 is 2.45 bits per heavy atom. The Balaban J connectivity index is 2.27. The van der Waals surface area contributed by atoms with Gasteiger partial charge in [0.05, 0.1) is 0 Å². The van der Waals surface area contributed by atoms with Crippen molar-refractivity contribution in [2.24, 2.45) is 0 Å². The van der Waals surface area contributed by atoms with E-state index in [4.69, 9.17) is 0 Å². The number of para-hydroxylation sites is 1. The van der Waals surface area contributed by atoms with Crippen LogP contribution in [0.25, 0.3) is 16.9 Å². The number of hydrogen-bond acceptors (Lipinski definition) is 3. The van der Waals surface area contributed by atoms with Crippen molar-refractivity contribution in [3.05, 3.63) is 65.6 Å². The number of carboxylic acids is 1. The van der Waals surface area contributed by atoms with Gasteiger partial charge in [0.1, 0.15) is 17.2 Å². The van der Waals surface area contributed by atoms with Crippen LogP contribution in [0.5, 0.6) is 0 Å². The summed E-state index contributed by atoms with van der Waals surface area (Å²) < 4.78 is 15.2. The molecule has 1 heterocycles. The topological polar surface area (TPSA) is 68.0 Å². The number of hydrogen-bond donors (Lipinski definition) is 1. The van der Waals surface area contributed by atoms with Crippen LogP contribution in [0.1, 0.15) is 16.1 Å². The van der Waals surface area contributed by atoms with Gasteiger partial charge in [-0.05, 0) is 19.1 Å². The molecule has 0 aliphatic heterocycles. The number of halogens is 1. The molecule has 0 saturated heterocycles. The zero-order chi connectivity index (χ0) is 15.7. The standard InChI is InChI=1S/C16H12FN3O2/c1-10-6-8-11(9-7-10)15-14(16(21)22)18-19-20(15)13-5-3-2-4-12(13)17/h2-9H,1H3,(H,21,22). The summed E-state index contributed by atoms with van der Waals surface area (Å²) in [5, 5.41) is 16.8. The van der Waals surface area contributed by atoms with Crippen molar-refractivity contribution in [3.8, 4) is 16.9 Å². The largest absolute Gasteiger partial charge is 0.476 e. The monoisotopic (exact) mass is 297 g/mol. The molecule has 22 heavy (non-hydrogen) atoms. The minimum Gasteiger partial charge on any atom is -0.476 e. The fourth-order valence-electron chi connectivity index (χ4n) is 2.19. The summed E-state index contributed by atoms with van der Waals surface area (Å²) in [6, 6.07) is 13.2. The van der Waals surface area contributed by atoms with Gasteiger partial charge >= 0.3 is 5.97 Å². The maximum absolute atomic E-state index is 14.0. The van der Waals surface area contributed by atoms with Crippen molar-refractivity contribution in [2.75, 3.05) is 0 Å². The second kappa shape index (κ2) is 5.40. The van der Waals surface area contributed by atoms with E-state index in [1.807, 2.05) is 19.1 Å². The Morgan fingerprint density at radius 2 is 1.82 bits per heavy atom. The first-order valence-corrected chi connectivity index (χ1v) is 6.59. The molecule has 0 radical (unpaired) electrons. The molecule has 0 saturated carbocycles.